The first kappa shape index (κ1) is 35.7. The molecule has 0 aromatic heterocycles. The van der Waals surface area contributed by atoms with Crippen molar-refractivity contribution in [3.8, 4) is 22.3 Å². The molecule has 3 unspecified atom stereocenters. The number of hydrogen-bond donors (Lipinski definition) is 0. The van der Waals surface area contributed by atoms with Crippen molar-refractivity contribution >= 4 is 54.8 Å². The second kappa shape index (κ2) is 14.8. The van der Waals surface area contributed by atoms with E-state index in [1.54, 1.807) is 0 Å². The Labute approximate surface area is 358 Å². The summed E-state index contributed by atoms with van der Waals surface area (Å²) in [5, 5.41) is 7.83. The van der Waals surface area contributed by atoms with Gasteiger partial charge in [0.1, 0.15) is 0 Å². The van der Waals surface area contributed by atoms with Gasteiger partial charge in [-0.2, -0.15) is 0 Å². The highest BCUT2D eigenvalue weighted by Gasteiger charge is 2.39. The minimum Gasteiger partial charge on any atom is -0.333 e. The Morgan fingerprint density at radius 2 is 1.25 bits per heavy atom. The molecule has 0 fully saturated rings. The van der Waals surface area contributed by atoms with Crippen LogP contribution in [0.5, 0.6) is 0 Å². The largest absolute Gasteiger partial charge is 0.333 e. The Morgan fingerprint density at radius 1 is 0.525 bits per heavy atom. The predicted octanol–water partition coefficient (Wildman–Crippen LogP) is 16.0. The highest BCUT2D eigenvalue weighted by molar-refractivity contribution is 6.19. The van der Waals surface area contributed by atoms with Crippen molar-refractivity contribution in [3.05, 3.63) is 241 Å². The Bertz CT molecular complexity index is 3230. The summed E-state index contributed by atoms with van der Waals surface area (Å²) in [5.41, 5.74) is 15.8. The standard InChI is InChI=1S/C60H45N/c1-4-15-43(16-5-1)59-51-22-12-13-23-52(51)60(44-17-6-2-7-18-44)56-39-48(30-33-53(56)59)49-32-35-58-55(38-49)54-37-47(31-34-57(54)61(58)50-20-8-3-9-21-50)42-26-24-41(25-27-42)46-29-28-40-14-10-11-19-45(40)36-46/h1-4,6-15,17-26,28-39,42,54,57H,5,16,27H2. The van der Waals surface area contributed by atoms with Gasteiger partial charge in [-0.1, -0.05) is 182 Å². The highest BCUT2D eigenvalue weighted by atomic mass is 15.2. The molecule has 8 aromatic carbocycles. The van der Waals surface area contributed by atoms with Crippen LogP contribution in [-0.4, -0.2) is 6.04 Å². The molecule has 1 aliphatic heterocycles. The summed E-state index contributed by atoms with van der Waals surface area (Å²) in [4.78, 5) is 2.56. The quantitative estimate of drug-likeness (QED) is 0.152. The molecule has 0 saturated heterocycles. The van der Waals surface area contributed by atoms with Crippen molar-refractivity contribution < 1.29 is 0 Å². The molecule has 0 radical (unpaired) electrons. The number of allylic oxidation sites excluding steroid dienone is 10. The number of fused-ring (bicyclic) bond motifs is 6. The molecule has 12 rings (SSSR count). The summed E-state index contributed by atoms with van der Waals surface area (Å²) >= 11 is 0. The van der Waals surface area contributed by atoms with Gasteiger partial charge in [0.2, 0.25) is 0 Å². The highest BCUT2D eigenvalue weighted by Crippen LogP contribution is 2.51. The van der Waals surface area contributed by atoms with Gasteiger partial charge >= 0.3 is 0 Å². The second-order valence-corrected chi connectivity index (χ2v) is 17.0. The molecule has 0 amide bonds. The monoisotopic (exact) mass is 779 g/mol. The summed E-state index contributed by atoms with van der Waals surface area (Å²) in [6.45, 7) is 0. The third-order valence-electron chi connectivity index (χ3n) is 13.6. The average Bonchev–Trinajstić information content (AvgIpc) is 3.66. The van der Waals surface area contributed by atoms with Gasteiger partial charge in [0.05, 0.1) is 6.04 Å². The van der Waals surface area contributed by atoms with Crippen molar-refractivity contribution in [1.82, 2.24) is 0 Å². The zero-order valence-electron chi connectivity index (χ0n) is 34.1. The molecule has 4 aliphatic rings. The summed E-state index contributed by atoms with van der Waals surface area (Å²) < 4.78 is 0. The molecule has 3 aliphatic carbocycles. The fraction of sp³-hybridized carbons (Fsp3) is 0.100. The van der Waals surface area contributed by atoms with E-state index in [1.807, 2.05) is 0 Å². The van der Waals surface area contributed by atoms with Crippen LogP contribution in [0.4, 0.5) is 11.4 Å². The Morgan fingerprint density at radius 3 is 2.05 bits per heavy atom. The van der Waals surface area contributed by atoms with Crippen molar-refractivity contribution in [2.24, 2.45) is 5.92 Å². The number of para-hydroxylation sites is 1. The Balaban J connectivity index is 0.960. The Kier molecular flexibility index (Phi) is 8.66. The number of nitrogens with zero attached hydrogens (tertiary/aromatic N) is 1. The van der Waals surface area contributed by atoms with Crippen molar-refractivity contribution in [1.29, 1.82) is 0 Å². The van der Waals surface area contributed by atoms with Gasteiger partial charge < -0.3 is 4.90 Å². The van der Waals surface area contributed by atoms with Gasteiger partial charge in [-0.25, -0.2) is 0 Å². The fourth-order valence-corrected chi connectivity index (χ4v) is 10.6. The van der Waals surface area contributed by atoms with Crippen LogP contribution in [-0.2, 0) is 0 Å². The second-order valence-electron chi connectivity index (χ2n) is 17.0. The molecule has 1 heteroatoms. The SMILES string of the molecule is C1=CCCC(c2c3ccccc3c(-c3ccccc3)c3cc(-c4ccc5c(c4)C4C=C(C6C=CC(c7ccc8ccccc8c7)=CC6)C=CC4N5c4ccccc4)ccc23)=C1. The summed E-state index contributed by atoms with van der Waals surface area (Å²) in [5.74, 6) is 0.575. The van der Waals surface area contributed by atoms with Gasteiger partial charge in [-0.05, 0) is 144 Å². The van der Waals surface area contributed by atoms with Crippen molar-refractivity contribution in [2.75, 3.05) is 4.90 Å². The zero-order chi connectivity index (χ0) is 40.3. The number of anilines is 2. The van der Waals surface area contributed by atoms with Crippen LogP contribution < -0.4 is 4.90 Å². The van der Waals surface area contributed by atoms with Gasteiger partial charge in [0.15, 0.2) is 0 Å². The minimum absolute atomic E-state index is 0.209. The maximum atomic E-state index is 2.58. The van der Waals surface area contributed by atoms with E-state index < -0.39 is 0 Å². The van der Waals surface area contributed by atoms with Crippen molar-refractivity contribution in [2.45, 2.75) is 31.2 Å². The zero-order valence-corrected chi connectivity index (χ0v) is 34.1. The van der Waals surface area contributed by atoms with E-state index in [4.69, 9.17) is 0 Å². The van der Waals surface area contributed by atoms with E-state index in [2.05, 4.69) is 223 Å². The van der Waals surface area contributed by atoms with Crippen LogP contribution in [0.25, 0.3) is 65.7 Å². The number of hydrogen-bond acceptors (Lipinski definition) is 1. The molecule has 0 N–H and O–H groups in total. The third-order valence-corrected chi connectivity index (χ3v) is 13.6. The maximum absolute atomic E-state index is 2.58. The molecule has 0 spiro atoms. The van der Waals surface area contributed by atoms with Gasteiger partial charge in [0.25, 0.3) is 0 Å². The lowest BCUT2D eigenvalue weighted by atomic mass is 9.80. The molecule has 1 heterocycles. The average molecular weight is 780 g/mol. The van der Waals surface area contributed by atoms with E-state index >= 15 is 0 Å². The third kappa shape index (κ3) is 6.15. The molecule has 290 valence electrons. The molecular weight excluding hydrogens is 735 g/mol. The van der Waals surface area contributed by atoms with Gasteiger partial charge in [-0.15, -0.1) is 0 Å². The molecule has 61 heavy (non-hydrogen) atoms. The topological polar surface area (TPSA) is 3.24 Å². The van der Waals surface area contributed by atoms with E-state index in [1.165, 1.54) is 99.4 Å². The molecule has 8 aromatic rings. The van der Waals surface area contributed by atoms with Crippen molar-refractivity contribution in [3.63, 3.8) is 0 Å². The van der Waals surface area contributed by atoms with Gasteiger partial charge in [0, 0.05) is 23.2 Å². The molecule has 0 bridgehead atoms. The molecule has 1 nitrogen and oxygen atoms in total. The molecule has 0 saturated carbocycles. The summed E-state index contributed by atoms with van der Waals surface area (Å²) in [6, 6.07) is 61.1. The Hall–Kier alpha value is -7.22. The van der Waals surface area contributed by atoms with E-state index in [9.17, 15) is 0 Å². The first-order chi connectivity index (χ1) is 30.2. The number of rotatable bonds is 6. The van der Waals surface area contributed by atoms with Crippen LogP contribution in [0.15, 0.2) is 224 Å². The molecular formula is C60H45N. The van der Waals surface area contributed by atoms with E-state index in [0.29, 0.717) is 5.92 Å². The van der Waals surface area contributed by atoms with E-state index in [0.717, 1.165) is 19.3 Å². The van der Waals surface area contributed by atoms with Crippen LogP contribution in [0.1, 0.15) is 41.9 Å². The fourth-order valence-electron chi connectivity index (χ4n) is 10.6. The minimum atomic E-state index is 0.209. The molecule has 3 atom stereocenters. The number of benzene rings is 8. The summed E-state index contributed by atoms with van der Waals surface area (Å²) in [6.07, 6.45) is 24.6. The normalized spacial score (nSPS) is 19.2. The maximum Gasteiger partial charge on any atom is 0.0629 e. The van der Waals surface area contributed by atoms with Crippen LogP contribution in [0.2, 0.25) is 0 Å². The van der Waals surface area contributed by atoms with Crippen LogP contribution >= 0.6 is 0 Å². The first-order valence-electron chi connectivity index (χ1n) is 21.9. The smallest absolute Gasteiger partial charge is 0.0629 e. The van der Waals surface area contributed by atoms with Gasteiger partial charge in [-0.3, -0.25) is 0 Å². The lowest BCUT2D eigenvalue weighted by Gasteiger charge is -2.31. The van der Waals surface area contributed by atoms with Crippen LogP contribution in [0.3, 0.4) is 0 Å². The van der Waals surface area contributed by atoms with E-state index in [-0.39, 0.29) is 12.0 Å². The summed E-state index contributed by atoms with van der Waals surface area (Å²) in [7, 11) is 0. The van der Waals surface area contributed by atoms with Crippen LogP contribution in [0, 0.1) is 5.92 Å². The lowest BCUT2D eigenvalue weighted by Crippen LogP contribution is -2.29. The lowest BCUT2D eigenvalue weighted by molar-refractivity contribution is 0.704. The predicted molar refractivity (Wildman–Crippen MR) is 260 cm³/mol. The first-order valence-corrected chi connectivity index (χ1v) is 21.9.